The Labute approximate surface area is 72.8 Å². The number of aliphatic hydroxyl groups is 4. The van der Waals surface area contributed by atoms with Gasteiger partial charge in [0.15, 0.2) is 12.4 Å². The van der Waals surface area contributed by atoms with Gasteiger partial charge in [-0.25, -0.2) is 4.79 Å². The van der Waals surface area contributed by atoms with E-state index in [1.165, 1.54) is 0 Å². The zero-order chi connectivity index (χ0) is 10.2. The van der Waals surface area contributed by atoms with E-state index in [0.29, 0.717) is 0 Å². The van der Waals surface area contributed by atoms with Crippen molar-refractivity contribution < 1.29 is 35.1 Å². The van der Waals surface area contributed by atoms with Gasteiger partial charge >= 0.3 is 5.97 Å². The molecule has 1 saturated heterocycles. The normalized spacial score (nSPS) is 46.0. The number of carboxylic acids is 1. The number of ether oxygens (including phenoxy) is 1. The molecule has 0 saturated carbocycles. The second-order valence-corrected chi connectivity index (χ2v) is 2.76. The minimum Gasteiger partial charge on any atom is -0.479 e. The van der Waals surface area contributed by atoms with E-state index < -0.39 is 36.7 Å². The predicted octanol–water partition coefficient (Wildman–Crippen LogP) is -3.13. The molecule has 0 bridgehead atoms. The highest BCUT2D eigenvalue weighted by Crippen LogP contribution is 2.19. The first-order valence-corrected chi connectivity index (χ1v) is 3.55. The fourth-order valence-corrected chi connectivity index (χ4v) is 1.07. The van der Waals surface area contributed by atoms with Gasteiger partial charge in [-0.15, -0.1) is 0 Å². The van der Waals surface area contributed by atoms with Crippen molar-refractivity contribution in [2.75, 3.05) is 0 Å². The van der Waals surface area contributed by atoms with E-state index >= 15 is 0 Å². The van der Waals surface area contributed by atoms with E-state index in [-0.39, 0.29) is 0 Å². The Hall–Kier alpha value is -0.730. The first-order valence-electron chi connectivity index (χ1n) is 3.55. The van der Waals surface area contributed by atoms with E-state index in [1.807, 2.05) is 0 Å². The van der Waals surface area contributed by atoms with Crippen molar-refractivity contribution >= 4 is 5.97 Å². The highest BCUT2D eigenvalue weighted by atomic mass is 16.6. The monoisotopic (exact) mass is 194 g/mol. The number of carboxylic acid groups (broad SMARTS) is 1. The summed E-state index contributed by atoms with van der Waals surface area (Å²) in [5, 5.41) is 44.4. The van der Waals surface area contributed by atoms with Gasteiger partial charge in [-0.2, -0.15) is 0 Å². The average Bonchev–Trinajstić information content (AvgIpc) is 2.07. The number of aliphatic hydroxyl groups excluding tert-OH is 4. The smallest absolute Gasteiger partial charge is 0.335 e. The number of hydrogen-bond acceptors (Lipinski definition) is 6. The molecular formula is C6H10O7. The first-order chi connectivity index (χ1) is 5.95. The zero-order valence-corrected chi connectivity index (χ0v) is 6.44. The molecule has 1 aliphatic heterocycles. The molecule has 5 N–H and O–H groups in total. The molecule has 1 rings (SSSR count). The molecule has 0 aromatic carbocycles. The third kappa shape index (κ3) is 1.79. The lowest BCUT2D eigenvalue weighted by Gasteiger charge is -2.36. The van der Waals surface area contributed by atoms with Crippen molar-refractivity contribution in [2.45, 2.75) is 30.7 Å². The van der Waals surface area contributed by atoms with Crippen LogP contribution in [0.1, 0.15) is 0 Å². The van der Waals surface area contributed by atoms with Gasteiger partial charge in [0.2, 0.25) is 0 Å². The molecule has 1 aliphatic rings. The van der Waals surface area contributed by atoms with Gasteiger partial charge in [0.1, 0.15) is 18.3 Å². The van der Waals surface area contributed by atoms with Gasteiger partial charge in [0.25, 0.3) is 0 Å². The highest BCUT2D eigenvalue weighted by molar-refractivity contribution is 5.73. The number of rotatable bonds is 1. The van der Waals surface area contributed by atoms with Crippen LogP contribution in [0.3, 0.4) is 0 Å². The summed E-state index contributed by atoms with van der Waals surface area (Å²) in [5.74, 6) is -1.52. The molecule has 1 unspecified atom stereocenters. The molecule has 0 aromatic heterocycles. The largest absolute Gasteiger partial charge is 0.479 e. The van der Waals surface area contributed by atoms with Crippen LogP contribution >= 0.6 is 0 Å². The van der Waals surface area contributed by atoms with Crippen LogP contribution in [0.4, 0.5) is 0 Å². The highest BCUT2D eigenvalue weighted by Gasteiger charge is 2.46. The van der Waals surface area contributed by atoms with E-state index in [9.17, 15) is 4.79 Å². The van der Waals surface area contributed by atoms with Gasteiger partial charge in [0.05, 0.1) is 0 Å². The van der Waals surface area contributed by atoms with Crippen molar-refractivity contribution in [3.05, 3.63) is 0 Å². The average molecular weight is 194 g/mol. The molecule has 0 spiro atoms. The lowest BCUT2D eigenvalue weighted by molar-refractivity contribution is -0.279. The van der Waals surface area contributed by atoms with Crippen LogP contribution in [0.2, 0.25) is 0 Å². The molecule has 1 fully saturated rings. The Balaban J connectivity index is 2.76. The van der Waals surface area contributed by atoms with E-state index in [1.54, 1.807) is 0 Å². The molecule has 0 amide bonds. The van der Waals surface area contributed by atoms with Gasteiger partial charge in [-0.1, -0.05) is 0 Å². The third-order valence-corrected chi connectivity index (χ3v) is 1.83. The van der Waals surface area contributed by atoms with Crippen molar-refractivity contribution in [3.8, 4) is 0 Å². The van der Waals surface area contributed by atoms with Crippen LogP contribution in [0.25, 0.3) is 0 Å². The third-order valence-electron chi connectivity index (χ3n) is 1.83. The first kappa shape index (κ1) is 10.4. The summed E-state index contributed by atoms with van der Waals surface area (Å²) < 4.78 is 4.34. The zero-order valence-electron chi connectivity index (χ0n) is 6.44. The Kier molecular flexibility index (Phi) is 2.84. The lowest BCUT2D eigenvalue weighted by atomic mass is 9.99. The summed E-state index contributed by atoms with van der Waals surface area (Å²) in [6.07, 6.45) is -8.72. The van der Waals surface area contributed by atoms with E-state index in [4.69, 9.17) is 25.5 Å². The summed E-state index contributed by atoms with van der Waals surface area (Å²) in [4.78, 5) is 10.4. The van der Waals surface area contributed by atoms with Crippen LogP contribution in [-0.4, -0.2) is 62.2 Å². The van der Waals surface area contributed by atoms with E-state index in [0.717, 1.165) is 0 Å². The predicted molar refractivity (Wildman–Crippen MR) is 36.5 cm³/mol. The van der Waals surface area contributed by atoms with Crippen LogP contribution in [-0.2, 0) is 9.53 Å². The van der Waals surface area contributed by atoms with Crippen LogP contribution < -0.4 is 0 Å². The van der Waals surface area contributed by atoms with E-state index in [2.05, 4.69) is 4.74 Å². The maximum atomic E-state index is 10.4. The molecule has 76 valence electrons. The molecule has 0 aromatic rings. The summed E-state index contributed by atoms with van der Waals surface area (Å²) >= 11 is 0. The minimum atomic E-state index is -1.81. The molecule has 7 heteroatoms. The van der Waals surface area contributed by atoms with Crippen LogP contribution in [0.5, 0.6) is 0 Å². The van der Waals surface area contributed by atoms with Crippen molar-refractivity contribution in [3.63, 3.8) is 0 Å². The van der Waals surface area contributed by atoms with Gasteiger partial charge < -0.3 is 30.3 Å². The topological polar surface area (TPSA) is 127 Å². The van der Waals surface area contributed by atoms with Crippen LogP contribution in [0.15, 0.2) is 0 Å². The molecule has 0 aliphatic carbocycles. The fourth-order valence-electron chi connectivity index (χ4n) is 1.07. The molecule has 7 nitrogen and oxygen atoms in total. The molecule has 13 heavy (non-hydrogen) atoms. The quantitative estimate of drug-likeness (QED) is 0.298. The fraction of sp³-hybridized carbons (Fsp3) is 0.833. The lowest BCUT2D eigenvalue weighted by Crippen LogP contribution is -2.59. The number of carbonyl (C=O) groups is 1. The second kappa shape index (κ2) is 3.56. The summed E-state index contributed by atoms with van der Waals surface area (Å²) in [5.41, 5.74) is 0. The molecule has 1 heterocycles. The summed E-state index contributed by atoms with van der Waals surface area (Å²) in [6.45, 7) is 0. The van der Waals surface area contributed by atoms with Gasteiger partial charge in [0, 0.05) is 0 Å². The Morgan fingerprint density at radius 3 is 2.00 bits per heavy atom. The van der Waals surface area contributed by atoms with Crippen molar-refractivity contribution in [1.82, 2.24) is 0 Å². The van der Waals surface area contributed by atoms with Gasteiger partial charge in [-0.3, -0.25) is 0 Å². The summed E-state index contributed by atoms with van der Waals surface area (Å²) in [7, 11) is 0. The number of aliphatic carboxylic acids is 1. The van der Waals surface area contributed by atoms with Crippen molar-refractivity contribution in [2.24, 2.45) is 0 Å². The Bertz CT molecular complexity index is 205. The Morgan fingerprint density at radius 1 is 1.00 bits per heavy atom. The molecular weight excluding hydrogens is 184 g/mol. The molecule has 0 radical (unpaired) electrons. The van der Waals surface area contributed by atoms with Crippen LogP contribution in [0, 0.1) is 0 Å². The van der Waals surface area contributed by atoms with Gasteiger partial charge in [-0.05, 0) is 0 Å². The molecule has 5 atom stereocenters. The minimum absolute atomic E-state index is 1.52. The van der Waals surface area contributed by atoms with Crippen molar-refractivity contribution in [1.29, 1.82) is 0 Å². The maximum absolute atomic E-state index is 10.4. The SMILES string of the molecule is O=C(O)C1O[C@@H](O)[C@@H](O)[C@@H](O)[C@@H]1O. The Morgan fingerprint density at radius 2 is 1.54 bits per heavy atom. The second-order valence-electron chi connectivity index (χ2n) is 2.76. The number of hydrogen-bond donors (Lipinski definition) is 5. The maximum Gasteiger partial charge on any atom is 0.335 e. The standard InChI is InChI=1S/C6H10O7/c7-1-2(8)4(5(10)11)13-6(12)3(1)9/h1-4,6-9,12H,(H,10,11)/t1-,2-,3-,4?,6+/m0/s1. The summed E-state index contributed by atoms with van der Waals surface area (Å²) in [6, 6.07) is 0.